The SMILES string of the molecule is B=Cn1c(=O)c2c(Br)c(Br)c3c(=O)[nH]c(=O)c4c5[nH]c6ccccc6[nH]c5c(c1=O)c2c34. The van der Waals surface area contributed by atoms with Crippen LogP contribution in [0.3, 0.4) is 0 Å². The third-order valence-electron chi connectivity index (χ3n) is 5.81. The number of para-hydroxylation sites is 2. The third-order valence-corrected chi connectivity index (χ3v) is 7.93. The summed E-state index contributed by atoms with van der Waals surface area (Å²) in [5.74, 6) is 0. The Bertz CT molecular complexity index is 2070. The van der Waals surface area contributed by atoms with Crippen LogP contribution in [0.4, 0.5) is 0 Å². The summed E-state index contributed by atoms with van der Waals surface area (Å²) in [7, 11) is 3.61. The molecular formula is C21H9BBr2N4O4. The summed E-state index contributed by atoms with van der Waals surface area (Å²) in [6.45, 7) is 0. The Morgan fingerprint density at radius 1 is 0.688 bits per heavy atom. The van der Waals surface area contributed by atoms with Gasteiger partial charge in [-0.25, -0.2) is 0 Å². The standard InChI is InChI=1S/C21H9BBr2N4O4/c22-5-28-20(31)11-9-8-10(14(23)15(11)24)18(29)27-19(30)12(8)16-17(13(9)21(28)32)26-7-4-2-1-3-6(7)25-16/h1-5,22,25-26H,(H,27,29,30). The Morgan fingerprint density at radius 3 is 1.81 bits per heavy atom. The number of hydrogen-bond acceptors (Lipinski definition) is 4. The van der Waals surface area contributed by atoms with Crippen molar-refractivity contribution in [3.05, 3.63) is 74.6 Å². The Balaban J connectivity index is 2.20. The first-order valence-electron chi connectivity index (χ1n) is 9.39. The van der Waals surface area contributed by atoms with Crippen molar-refractivity contribution in [3.63, 3.8) is 0 Å². The van der Waals surface area contributed by atoms with Gasteiger partial charge >= 0.3 is 194 Å². The van der Waals surface area contributed by atoms with Crippen molar-refractivity contribution >= 4 is 99.8 Å². The van der Waals surface area contributed by atoms with Crippen LogP contribution in [0.15, 0.2) is 52.4 Å². The van der Waals surface area contributed by atoms with Gasteiger partial charge in [-0.2, -0.15) is 0 Å². The molecule has 0 saturated carbocycles. The predicted molar refractivity (Wildman–Crippen MR) is 135 cm³/mol. The van der Waals surface area contributed by atoms with E-state index in [1.807, 2.05) is 24.3 Å². The number of nitrogens with zero attached hydrogens (tertiary/aromatic N) is 1. The molecule has 0 aliphatic heterocycles. The summed E-state index contributed by atoms with van der Waals surface area (Å²) < 4.78 is 1.54. The molecule has 0 bridgehead atoms. The van der Waals surface area contributed by atoms with Gasteiger partial charge in [0.05, 0.1) is 0 Å². The monoisotopic (exact) mass is 550 g/mol. The van der Waals surface area contributed by atoms with Crippen molar-refractivity contribution in [2.75, 3.05) is 0 Å². The van der Waals surface area contributed by atoms with Crippen LogP contribution in [-0.2, 0) is 0 Å². The molecule has 0 radical (unpaired) electrons. The summed E-state index contributed by atoms with van der Waals surface area (Å²) in [6.07, 6.45) is 1.15. The third kappa shape index (κ3) is 2.19. The average molecular weight is 552 g/mol. The molecule has 11 heteroatoms. The second-order valence-electron chi connectivity index (χ2n) is 7.37. The molecule has 32 heavy (non-hydrogen) atoms. The van der Waals surface area contributed by atoms with E-state index >= 15 is 0 Å². The quantitative estimate of drug-likeness (QED) is 0.165. The van der Waals surface area contributed by atoms with E-state index in [1.54, 1.807) is 0 Å². The second-order valence-corrected chi connectivity index (χ2v) is 8.96. The molecule has 0 aliphatic carbocycles. The van der Waals surface area contributed by atoms with E-state index in [4.69, 9.17) is 0 Å². The number of hydrogen-bond donors (Lipinski definition) is 3. The zero-order chi connectivity index (χ0) is 22.5. The van der Waals surface area contributed by atoms with Crippen molar-refractivity contribution in [3.8, 4) is 0 Å². The molecule has 3 heterocycles. The van der Waals surface area contributed by atoms with Crippen LogP contribution in [-0.4, -0.2) is 33.1 Å². The minimum atomic E-state index is -0.622. The summed E-state index contributed by atoms with van der Waals surface area (Å²) in [5.41, 5.74) is -0.357. The average Bonchev–Trinajstić information content (AvgIpc) is 2.76. The molecule has 3 N–H and O–H groups in total. The zero-order valence-corrected chi connectivity index (χ0v) is 19.1. The van der Waals surface area contributed by atoms with Gasteiger partial charge in [-0.1, -0.05) is 0 Å². The Hall–Kier alpha value is -3.31. The van der Waals surface area contributed by atoms with Crippen LogP contribution in [0.5, 0.6) is 0 Å². The van der Waals surface area contributed by atoms with E-state index in [-0.39, 0.29) is 32.3 Å². The van der Waals surface area contributed by atoms with Crippen LogP contribution in [0, 0.1) is 0 Å². The molecule has 6 aromatic rings. The molecule has 0 saturated heterocycles. The van der Waals surface area contributed by atoms with Gasteiger partial charge in [0, 0.05) is 0 Å². The molecular weight excluding hydrogens is 543 g/mol. The first-order valence-corrected chi connectivity index (χ1v) is 11.0. The summed E-state index contributed by atoms with van der Waals surface area (Å²) in [6, 6.07) is 7.31. The van der Waals surface area contributed by atoms with Crippen LogP contribution in [0.1, 0.15) is 0 Å². The fraction of sp³-hybridized carbons (Fsp3) is 0. The van der Waals surface area contributed by atoms with Crippen LogP contribution in [0.2, 0.25) is 0 Å². The number of fused-ring (bicyclic) bond motifs is 4. The van der Waals surface area contributed by atoms with E-state index in [1.165, 1.54) is 0 Å². The first-order chi connectivity index (χ1) is 15.3. The van der Waals surface area contributed by atoms with Gasteiger partial charge in [-0.3, -0.25) is 0 Å². The number of nitrogens with one attached hydrogen (secondary N) is 3. The van der Waals surface area contributed by atoms with Crippen molar-refractivity contribution < 1.29 is 0 Å². The van der Waals surface area contributed by atoms with E-state index in [0.29, 0.717) is 31.0 Å². The predicted octanol–water partition coefficient (Wildman–Crippen LogP) is 2.15. The van der Waals surface area contributed by atoms with Gasteiger partial charge in [0.1, 0.15) is 0 Å². The Kier molecular flexibility index (Phi) is 3.85. The van der Waals surface area contributed by atoms with E-state index < -0.39 is 22.2 Å². The van der Waals surface area contributed by atoms with Crippen molar-refractivity contribution in [2.45, 2.75) is 0 Å². The molecule has 0 fully saturated rings. The van der Waals surface area contributed by atoms with Gasteiger partial charge in [-0.15, -0.1) is 0 Å². The topological polar surface area (TPSA) is 121 Å². The molecule has 0 amide bonds. The fourth-order valence-corrected chi connectivity index (χ4v) is 5.63. The number of rotatable bonds is 1. The minimum absolute atomic E-state index is 0.164. The molecule has 3 aromatic carbocycles. The summed E-state index contributed by atoms with van der Waals surface area (Å²) >= 11 is 6.81. The second kappa shape index (κ2) is 6.36. The molecule has 6 rings (SSSR count). The summed E-state index contributed by atoms with van der Waals surface area (Å²) in [4.78, 5) is 61.4. The van der Waals surface area contributed by atoms with Gasteiger partial charge < -0.3 is 0 Å². The number of aromatic nitrogens is 4. The zero-order valence-electron chi connectivity index (χ0n) is 15.9. The van der Waals surface area contributed by atoms with E-state index in [9.17, 15) is 19.2 Å². The number of aromatic amines is 3. The molecule has 0 unspecified atom stereocenters. The van der Waals surface area contributed by atoms with Crippen molar-refractivity contribution in [1.82, 2.24) is 19.5 Å². The summed E-state index contributed by atoms with van der Waals surface area (Å²) in [5, 5.41) is 1.18. The van der Waals surface area contributed by atoms with Gasteiger partial charge in [0.25, 0.3) is 0 Å². The maximum absolute atomic E-state index is 13.5. The van der Waals surface area contributed by atoms with E-state index in [0.717, 1.165) is 10.7 Å². The molecule has 0 aliphatic rings. The maximum atomic E-state index is 13.5. The van der Waals surface area contributed by atoms with E-state index in [2.05, 4.69) is 54.3 Å². The number of H-pyrrole nitrogens is 3. The molecule has 0 atom stereocenters. The van der Waals surface area contributed by atoms with Crippen LogP contribution < -0.4 is 22.2 Å². The first kappa shape index (κ1) is 19.4. The fourth-order valence-electron chi connectivity index (χ4n) is 4.49. The molecule has 3 aromatic heterocycles. The van der Waals surface area contributed by atoms with Crippen molar-refractivity contribution in [2.24, 2.45) is 0 Å². The van der Waals surface area contributed by atoms with Gasteiger partial charge in [-0.05, 0) is 0 Å². The number of pyridine rings is 2. The van der Waals surface area contributed by atoms with Gasteiger partial charge in [0.2, 0.25) is 0 Å². The van der Waals surface area contributed by atoms with Crippen molar-refractivity contribution in [1.29, 1.82) is 0 Å². The molecule has 154 valence electrons. The Labute approximate surface area is 193 Å². The molecule has 8 nitrogen and oxygen atoms in total. The normalized spacial score (nSPS) is 12.0. The number of benzene rings is 3. The van der Waals surface area contributed by atoms with Gasteiger partial charge in [0.15, 0.2) is 0 Å². The van der Waals surface area contributed by atoms with Crippen LogP contribution in [0.25, 0.3) is 54.4 Å². The van der Waals surface area contributed by atoms with Crippen LogP contribution >= 0.6 is 31.9 Å². The number of halogens is 2. The molecule has 0 spiro atoms. The Morgan fingerprint density at radius 2 is 1.19 bits per heavy atom.